The molecule has 0 spiro atoms. The number of aldehydes is 1. The summed E-state index contributed by atoms with van der Waals surface area (Å²) in [4.78, 5) is 51.9. The summed E-state index contributed by atoms with van der Waals surface area (Å²) in [5.41, 5.74) is 3.52. The molecule has 1 radical (unpaired) electrons. The molecule has 5 rings (SSSR count). The minimum absolute atomic E-state index is 0.153. The van der Waals surface area contributed by atoms with Crippen LogP contribution in [0.1, 0.15) is 21.5 Å². The van der Waals surface area contributed by atoms with Gasteiger partial charge < -0.3 is 36.2 Å². The van der Waals surface area contributed by atoms with E-state index < -0.39 is 76.2 Å². The van der Waals surface area contributed by atoms with Crippen molar-refractivity contribution >= 4 is 29.5 Å². The number of Topliss-reactive ketones (excluding diaryl/α,β-unsaturated/α-hetero) is 2. The SMILES string of the molecule is CN(C)[C@H]1C(O)C(C(N)=O)C(=O)[C@]2(O)C(=O)C3=C(O)c4c(O)ccc(-c5ccc(C=O)cc5)c4[CH][C@@H]3[C@@H](O)[C@H]12. The molecule has 11 heteroatoms. The number of phenolic OH excluding ortho intramolecular Hbond substituents is 1. The van der Waals surface area contributed by atoms with Crippen LogP contribution in [0.5, 0.6) is 5.75 Å². The van der Waals surface area contributed by atoms with Crippen molar-refractivity contribution in [2.75, 3.05) is 14.1 Å². The molecule has 0 bridgehead atoms. The summed E-state index contributed by atoms with van der Waals surface area (Å²) in [5.74, 6) is -9.80. The van der Waals surface area contributed by atoms with Crippen LogP contribution >= 0.6 is 0 Å². The number of fused-ring (bicyclic) bond motifs is 3. The number of aromatic hydroxyl groups is 1. The molecular weight excluding hydrogens is 508 g/mol. The number of benzene rings is 2. The number of nitrogens with two attached hydrogens (primary N) is 1. The molecule has 2 fully saturated rings. The molecule has 0 heterocycles. The Balaban J connectivity index is 1.73. The molecule has 2 unspecified atom stereocenters. The molecule has 2 aromatic carbocycles. The quantitative estimate of drug-likeness (QED) is 0.221. The van der Waals surface area contributed by atoms with Crippen LogP contribution in [0.2, 0.25) is 0 Å². The largest absolute Gasteiger partial charge is 0.507 e. The smallest absolute Gasteiger partial charge is 0.230 e. The molecule has 7 N–H and O–H groups in total. The number of nitrogens with zero attached hydrogens (tertiary/aromatic N) is 1. The number of likely N-dealkylation sites (N-methyl/N-ethyl adjacent to an activating group) is 1. The van der Waals surface area contributed by atoms with E-state index in [0.29, 0.717) is 23.0 Å². The van der Waals surface area contributed by atoms with Crippen LogP contribution < -0.4 is 5.73 Å². The van der Waals surface area contributed by atoms with Gasteiger partial charge in [0, 0.05) is 35.4 Å². The highest BCUT2D eigenvalue weighted by molar-refractivity contribution is 6.25. The summed E-state index contributed by atoms with van der Waals surface area (Å²) in [7, 11) is 2.97. The summed E-state index contributed by atoms with van der Waals surface area (Å²) in [5, 5.41) is 56.2. The maximum Gasteiger partial charge on any atom is 0.230 e. The van der Waals surface area contributed by atoms with E-state index in [2.05, 4.69) is 0 Å². The van der Waals surface area contributed by atoms with Gasteiger partial charge in [0.1, 0.15) is 23.7 Å². The van der Waals surface area contributed by atoms with Crippen molar-refractivity contribution < 1.29 is 44.7 Å². The maximum absolute atomic E-state index is 13.9. The number of aliphatic hydroxyl groups excluding tert-OH is 3. The third-order valence-corrected chi connectivity index (χ3v) is 8.18. The van der Waals surface area contributed by atoms with E-state index in [1.165, 1.54) is 31.5 Å². The number of carbonyl (C=O) groups excluding carboxylic acids is 4. The lowest BCUT2D eigenvalue weighted by Crippen LogP contribution is -2.76. The summed E-state index contributed by atoms with van der Waals surface area (Å²) in [6, 6.07) is 8.09. The topological polar surface area (TPSA) is 199 Å². The van der Waals surface area contributed by atoms with Crippen molar-refractivity contribution in [1.82, 2.24) is 4.90 Å². The highest BCUT2D eigenvalue weighted by atomic mass is 16.3. The molecule has 11 nitrogen and oxygen atoms in total. The first-order valence-corrected chi connectivity index (χ1v) is 12.2. The fourth-order valence-corrected chi connectivity index (χ4v) is 6.39. The lowest BCUT2D eigenvalue weighted by atomic mass is 9.53. The number of hydrogen-bond acceptors (Lipinski definition) is 10. The summed E-state index contributed by atoms with van der Waals surface area (Å²) >= 11 is 0. The predicted molar refractivity (Wildman–Crippen MR) is 136 cm³/mol. The molecule has 2 aromatic rings. The van der Waals surface area contributed by atoms with E-state index >= 15 is 0 Å². The van der Waals surface area contributed by atoms with Gasteiger partial charge >= 0.3 is 0 Å². The minimum atomic E-state index is -2.99. The van der Waals surface area contributed by atoms with Crippen molar-refractivity contribution in [3.63, 3.8) is 0 Å². The van der Waals surface area contributed by atoms with E-state index in [9.17, 15) is 44.7 Å². The first-order chi connectivity index (χ1) is 18.4. The molecule has 3 aliphatic carbocycles. The van der Waals surface area contributed by atoms with E-state index in [4.69, 9.17) is 5.73 Å². The zero-order chi connectivity index (χ0) is 28.5. The minimum Gasteiger partial charge on any atom is -0.507 e. The highest BCUT2D eigenvalue weighted by Gasteiger charge is 2.70. The Morgan fingerprint density at radius 1 is 1.03 bits per heavy atom. The van der Waals surface area contributed by atoms with Crippen LogP contribution in [0.3, 0.4) is 0 Å². The molecule has 0 aliphatic heterocycles. The van der Waals surface area contributed by atoms with Gasteiger partial charge in [-0.05, 0) is 36.9 Å². The van der Waals surface area contributed by atoms with Crippen molar-refractivity contribution in [3.8, 4) is 16.9 Å². The van der Waals surface area contributed by atoms with Gasteiger partial charge in [-0.2, -0.15) is 0 Å². The average molecular weight is 536 g/mol. The van der Waals surface area contributed by atoms with Crippen LogP contribution in [-0.2, 0) is 14.4 Å². The first-order valence-electron chi connectivity index (χ1n) is 12.2. The van der Waals surface area contributed by atoms with Gasteiger partial charge in [0.25, 0.3) is 0 Å². The van der Waals surface area contributed by atoms with E-state index in [0.717, 1.165) is 0 Å². The number of ketones is 2. The van der Waals surface area contributed by atoms with Gasteiger partial charge in [-0.3, -0.25) is 19.2 Å². The Hall–Kier alpha value is -3.90. The summed E-state index contributed by atoms with van der Waals surface area (Å²) in [6.07, 6.45) is -1.29. The predicted octanol–water partition coefficient (Wildman–Crippen LogP) is -0.411. The third kappa shape index (κ3) is 3.58. The monoisotopic (exact) mass is 535 g/mol. The van der Waals surface area contributed by atoms with Crippen molar-refractivity contribution in [2.45, 2.75) is 23.9 Å². The van der Waals surface area contributed by atoms with Crippen molar-refractivity contribution in [1.29, 1.82) is 0 Å². The van der Waals surface area contributed by atoms with Crippen molar-refractivity contribution in [3.05, 3.63) is 65.1 Å². The normalized spacial score (nSPS) is 31.9. The molecule has 2 saturated carbocycles. The van der Waals surface area contributed by atoms with Gasteiger partial charge in [0.05, 0.1) is 17.8 Å². The third-order valence-electron chi connectivity index (χ3n) is 8.18. The van der Waals surface area contributed by atoms with Gasteiger partial charge in [0.15, 0.2) is 11.4 Å². The second-order valence-corrected chi connectivity index (χ2v) is 10.4. The first kappa shape index (κ1) is 26.7. The molecule has 0 aromatic heterocycles. The zero-order valence-corrected chi connectivity index (χ0v) is 21.0. The molecule has 7 atom stereocenters. The maximum atomic E-state index is 13.9. The molecular formula is C28H27N2O9. The number of amides is 1. The number of rotatable bonds is 4. The Morgan fingerprint density at radius 2 is 1.67 bits per heavy atom. The van der Waals surface area contributed by atoms with E-state index in [-0.39, 0.29) is 11.1 Å². The standard InChI is InChI=1S/C28H27N2O9/c1-30(2)21-20-22(33)15-9-14-13(12-5-3-11(10-31)4-6-12)7-8-16(32)17(14)23(34)18(15)25(36)28(20,39)26(37)19(24(21)35)27(29)38/h3-10,15,19-22,24,32-35,39H,1-2H3,(H2,29,38)/t15-,19?,20-,21+,22+,24?,28+/m0/s1. The number of hydrogen-bond donors (Lipinski definition) is 6. The average Bonchev–Trinajstić information content (AvgIpc) is 2.88. The van der Waals surface area contributed by atoms with Gasteiger partial charge in [-0.15, -0.1) is 0 Å². The Labute approximate surface area is 222 Å². The van der Waals surface area contributed by atoms with Crippen molar-refractivity contribution in [2.24, 2.45) is 23.5 Å². The van der Waals surface area contributed by atoms with Crippen LogP contribution in [0.15, 0.2) is 42.0 Å². The fourth-order valence-electron chi connectivity index (χ4n) is 6.39. The molecule has 1 amide bonds. The number of carbonyl (C=O) groups is 4. The molecule has 39 heavy (non-hydrogen) atoms. The van der Waals surface area contributed by atoms with Crippen LogP contribution in [0, 0.1) is 24.2 Å². The summed E-state index contributed by atoms with van der Waals surface area (Å²) in [6.45, 7) is 0. The molecule has 3 aliphatic rings. The second-order valence-electron chi connectivity index (χ2n) is 10.4. The molecule has 0 saturated heterocycles. The summed E-state index contributed by atoms with van der Waals surface area (Å²) < 4.78 is 0. The number of phenols is 1. The van der Waals surface area contributed by atoms with Gasteiger partial charge in [-0.1, -0.05) is 30.3 Å². The zero-order valence-electron chi connectivity index (χ0n) is 21.0. The molecule has 203 valence electrons. The van der Waals surface area contributed by atoms with Crippen LogP contribution in [0.4, 0.5) is 0 Å². The number of primary amides is 1. The lowest BCUT2D eigenvalue weighted by Gasteiger charge is -2.55. The fraction of sp³-hybridized carbons (Fsp3) is 0.321. The lowest BCUT2D eigenvalue weighted by molar-refractivity contribution is -0.197. The Kier molecular flexibility index (Phi) is 6.22. The number of aliphatic hydroxyl groups is 4. The van der Waals surface area contributed by atoms with E-state index in [1.54, 1.807) is 30.3 Å². The highest BCUT2D eigenvalue weighted by Crippen LogP contribution is 2.54. The van der Waals surface area contributed by atoms with Gasteiger partial charge in [-0.25, -0.2) is 0 Å². The van der Waals surface area contributed by atoms with Crippen LogP contribution in [-0.4, -0.2) is 92.1 Å². The Morgan fingerprint density at radius 3 is 2.23 bits per heavy atom. The van der Waals surface area contributed by atoms with Crippen LogP contribution in [0.25, 0.3) is 16.9 Å². The Bertz CT molecular complexity index is 1450. The van der Waals surface area contributed by atoms with Gasteiger partial charge in [0.2, 0.25) is 11.7 Å². The van der Waals surface area contributed by atoms with E-state index in [1.807, 2.05) is 0 Å². The second kappa shape index (κ2) is 9.09.